The molecule has 4 heteroatoms. The number of hydrogen-bond acceptors (Lipinski definition) is 4. The fourth-order valence-electron chi connectivity index (χ4n) is 8.78. The Morgan fingerprint density at radius 3 is 1.37 bits per heavy atom. The van der Waals surface area contributed by atoms with Crippen LogP contribution in [0.5, 0.6) is 0 Å². The topological polar surface area (TPSA) is 86.6 Å². The van der Waals surface area contributed by atoms with Gasteiger partial charge < -0.3 is 5.73 Å². The molecule has 0 atom stereocenters. The van der Waals surface area contributed by atoms with Crippen molar-refractivity contribution < 1.29 is 0 Å². The lowest BCUT2D eigenvalue weighted by Crippen LogP contribution is -2.10. The summed E-state index contributed by atoms with van der Waals surface area (Å²) in [6.07, 6.45) is 9.26. The predicted molar refractivity (Wildman–Crippen MR) is 251 cm³/mol. The molecule has 11 rings (SSSR count). The Labute approximate surface area is 342 Å². The smallest absolute Gasteiger partial charge is 0.0795 e. The van der Waals surface area contributed by atoms with Crippen LogP contribution in [0, 0.1) is 10.8 Å². The van der Waals surface area contributed by atoms with Crippen LogP contribution in [0.1, 0.15) is 5.56 Å². The largest absolute Gasteiger partial charge is 0.399 e. The van der Waals surface area contributed by atoms with Crippen molar-refractivity contribution in [2.24, 2.45) is 0 Å². The normalized spacial score (nSPS) is 12.6. The molecule has 0 aliphatic heterocycles. The monoisotopic (exact) mass is 754 g/mol. The summed E-state index contributed by atoms with van der Waals surface area (Å²) in [4.78, 5) is 4.35. The van der Waals surface area contributed by atoms with Gasteiger partial charge in [-0.05, 0) is 123 Å². The van der Waals surface area contributed by atoms with Crippen LogP contribution >= 0.6 is 0 Å². The number of nitrogens with zero attached hydrogens (tertiary/aromatic N) is 1. The number of nitrogen functional groups attached to an aromatic ring is 1. The van der Waals surface area contributed by atoms with E-state index >= 15 is 0 Å². The van der Waals surface area contributed by atoms with Crippen LogP contribution in [-0.4, -0.2) is 16.4 Å². The van der Waals surface area contributed by atoms with Crippen LogP contribution in [-0.2, 0) is 0 Å². The van der Waals surface area contributed by atoms with Gasteiger partial charge in [0.1, 0.15) is 0 Å². The first-order chi connectivity index (χ1) is 29.0. The van der Waals surface area contributed by atoms with Crippen LogP contribution in [0.2, 0.25) is 0 Å². The fourth-order valence-corrected chi connectivity index (χ4v) is 8.78. The van der Waals surface area contributed by atoms with Gasteiger partial charge in [0.15, 0.2) is 0 Å². The van der Waals surface area contributed by atoms with Gasteiger partial charge in [-0.25, -0.2) is 0 Å². The molecule has 0 fully saturated rings. The van der Waals surface area contributed by atoms with Crippen LogP contribution < -0.4 is 5.73 Å². The zero-order valence-electron chi connectivity index (χ0n) is 32.2. The van der Waals surface area contributed by atoms with Crippen LogP contribution in [0.4, 0.5) is 5.69 Å². The van der Waals surface area contributed by atoms with E-state index in [1.165, 1.54) is 70.9 Å². The Bertz CT molecular complexity index is 3240. The minimum Gasteiger partial charge on any atom is -0.399 e. The second-order valence-corrected chi connectivity index (χ2v) is 14.8. The molecular weight excluding hydrogens is 717 g/mol. The van der Waals surface area contributed by atoms with E-state index in [0.29, 0.717) is 0 Å². The lowest BCUT2D eigenvalue weighted by molar-refractivity contribution is 1.33. The number of pyridine rings is 1. The minimum atomic E-state index is 0.244. The minimum absolute atomic E-state index is 0.244. The third-order valence-electron chi connectivity index (χ3n) is 11.4. The molecule has 0 radical (unpaired) electrons. The zero-order chi connectivity index (χ0) is 39.9. The molecule has 0 saturated heterocycles. The highest BCUT2D eigenvalue weighted by Gasteiger charge is 2.20. The van der Waals surface area contributed by atoms with Crippen LogP contribution in [0.15, 0.2) is 207 Å². The van der Waals surface area contributed by atoms with Crippen molar-refractivity contribution in [1.29, 1.82) is 10.8 Å². The summed E-state index contributed by atoms with van der Waals surface area (Å²) in [7, 11) is 0. The van der Waals surface area contributed by atoms with Gasteiger partial charge in [-0.15, -0.1) is 0 Å². The average Bonchev–Trinajstić information content (AvgIpc) is 3.29. The van der Waals surface area contributed by atoms with Crippen LogP contribution in [0.3, 0.4) is 0 Å². The van der Waals surface area contributed by atoms with Gasteiger partial charge in [0.2, 0.25) is 0 Å². The molecule has 0 unspecified atom stereocenters. The molecule has 1 aliphatic rings. The Balaban J connectivity index is 0.000000145. The van der Waals surface area contributed by atoms with E-state index in [-0.39, 0.29) is 11.4 Å². The molecule has 0 bridgehead atoms. The maximum absolute atomic E-state index is 8.21. The van der Waals surface area contributed by atoms with E-state index in [9.17, 15) is 0 Å². The predicted octanol–water partition coefficient (Wildman–Crippen LogP) is 14.1. The molecule has 0 amide bonds. The van der Waals surface area contributed by atoms with Gasteiger partial charge in [-0.1, -0.05) is 164 Å². The summed E-state index contributed by atoms with van der Waals surface area (Å²) >= 11 is 0. The average molecular weight is 755 g/mol. The zero-order valence-corrected chi connectivity index (χ0v) is 32.2. The fraction of sp³-hybridized carbons (Fsp3) is 0. The lowest BCUT2D eigenvalue weighted by atomic mass is 9.83. The molecule has 59 heavy (non-hydrogen) atoms. The molecular formula is C55H38N4. The number of nitrogens with two attached hydrogens (primary N) is 1. The molecule has 4 nitrogen and oxygen atoms in total. The maximum Gasteiger partial charge on any atom is 0.0795 e. The van der Waals surface area contributed by atoms with Crippen molar-refractivity contribution in [2.45, 2.75) is 0 Å². The first kappa shape index (κ1) is 35.5. The van der Waals surface area contributed by atoms with E-state index < -0.39 is 0 Å². The number of rotatable bonds is 4. The molecule has 4 N–H and O–H groups in total. The van der Waals surface area contributed by atoms with E-state index in [4.69, 9.17) is 16.6 Å². The molecule has 1 aliphatic carbocycles. The van der Waals surface area contributed by atoms with Gasteiger partial charge in [-0.2, -0.15) is 0 Å². The summed E-state index contributed by atoms with van der Waals surface area (Å²) in [6.45, 7) is 0. The molecule has 0 saturated carbocycles. The van der Waals surface area contributed by atoms with Gasteiger partial charge in [0.05, 0.1) is 11.4 Å². The highest BCUT2D eigenvalue weighted by Crippen LogP contribution is 2.45. The maximum atomic E-state index is 8.21. The van der Waals surface area contributed by atoms with Crippen molar-refractivity contribution in [3.05, 3.63) is 212 Å². The molecule has 1 heterocycles. The summed E-state index contributed by atoms with van der Waals surface area (Å²) in [5.74, 6) is 0. The molecule has 1 aromatic heterocycles. The third kappa shape index (κ3) is 6.24. The van der Waals surface area contributed by atoms with Gasteiger partial charge in [0.25, 0.3) is 0 Å². The first-order valence-electron chi connectivity index (χ1n) is 19.7. The number of anilines is 1. The molecule has 9 aromatic carbocycles. The van der Waals surface area contributed by atoms with Crippen molar-refractivity contribution >= 4 is 76.5 Å². The van der Waals surface area contributed by atoms with E-state index in [1.54, 1.807) is 6.08 Å². The Morgan fingerprint density at radius 2 is 0.847 bits per heavy atom. The number of nitrogens with one attached hydrogen (secondary N) is 2. The summed E-state index contributed by atoms with van der Waals surface area (Å²) in [5, 5.41) is 28.3. The second-order valence-electron chi connectivity index (χ2n) is 14.8. The van der Waals surface area contributed by atoms with Crippen molar-refractivity contribution in [1.82, 2.24) is 4.98 Å². The van der Waals surface area contributed by atoms with Gasteiger partial charge in [-0.3, -0.25) is 15.8 Å². The Morgan fingerprint density at radius 1 is 0.373 bits per heavy atom. The summed E-state index contributed by atoms with van der Waals surface area (Å²) < 4.78 is 0. The molecule has 0 spiro atoms. The van der Waals surface area contributed by atoms with E-state index in [1.807, 2.05) is 42.7 Å². The highest BCUT2D eigenvalue weighted by molar-refractivity contribution is 6.51. The first-order valence-corrected chi connectivity index (χ1v) is 19.7. The van der Waals surface area contributed by atoms with Crippen LogP contribution in [0.25, 0.3) is 92.8 Å². The van der Waals surface area contributed by atoms with Gasteiger partial charge in [0, 0.05) is 23.6 Å². The number of fused-ring (bicyclic) bond motifs is 5. The van der Waals surface area contributed by atoms with Gasteiger partial charge >= 0.3 is 0 Å². The van der Waals surface area contributed by atoms with Crippen molar-refractivity contribution in [2.75, 3.05) is 5.73 Å². The van der Waals surface area contributed by atoms with Crippen molar-refractivity contribution in [3.63, 3.8) is 0 Å². The number of benzene rings is 9. The number of hydrogen-bond donors (Lipinski definition) is 3. The molecule has 278 valence electrons. The summed E-state index contributed by atoms with van der Waals surface area (Å²) in [5.41, 5.74) is 16.5. The van der Waals surface area contributed by atoms with E-state index in [0.717, 1.165) is 33.2 Å². The summed E-state index contributed by atoms with van der Waals surface area (Å²) in [6, 6.07) is 61.6. The number of aromatic nitrogens is 1. The second kappa shape index (κ2) is 14.8. The Kier molecular flexibility index (Phi) is 8.93. The Hall–Kier alpha value is -7.95. The molecule has 10 aromatic rings. The van der Waals surface area contributed by atoms with Crippen molar-refractivity contribution in [3.8, 4) is 33.4 Å². The SMILES string of the molecule is N=C1C=CC(c2c3ccccc3c(-c3cccc4ccccc34)c3ccccc23)=CC1=N.Nc1ccc(-c2c3ccccc3c(-c3cccnc3)c3ccccc23)cc1. The number of allylic oxidation sites excluding steroid dienone is 4. The third-order valence-corrected chi connectivity index (χ3v) is 11.4. The standard InChI is InChI=1S/C30H20N2.C25H18N2/c31-27-17-16-20(18-28(27)32)29-23-11-3-5-13-25(23)30(26-14-6-4-12-24(26)29)22-15-7-9-19-8-1-2-10-21(19)22;26-19-13-11-17(12-14-19)24-20-7-1-3-9-22(20)25(18-6-5-15-27-16-18)23-10-4-2-8-21(23)24/h1-18,31-32H;1-16H,26H2. The highest BCUT2D eigenvalue weighted by atomic mass is 14.6. The quantitative estimate of drug-likeness (QED) is 0.0949. The lowest BCUT2D eigenvalue weighted by Gasteiger charge is -2.20. The van der Waals surface area contributed by atoms with E-state index in [2.05, 4.69) is 163 Å².